The highest BCUT2D eigenvalue weighted by molar-refractivity contribution is 5.68. The predicted octanol–water partition coefficient (Wildman–Crippen LogP) is 6.52. The number of aliphatic hydroxyl groups is 1. The molecule has 3 aromatic rings. The van der Waals surface area contributed by atoms with Gasteiger partial charge in [0.25, 0.3) is 0 Å². The first-order valence-corrected chi connectivity index (χ1v) is 10.0. The molecule has 34 heavy (non-hydrogen) atoms. The lowest BCUT2D eigenvalue weighted by molar-refractivity contribution is -0.253. The van der Waals surface area contributed by atoms with Gasteiger partial charge in [-0.15, -0.1) is 0 Å². The molecule has 0 aromatic heterocycles. The van der Waals surface area contributed by atoms with E-state index in [0.29, 0.717) is 11.3 Å². The summed E-state index contributed by atoms with van der Waals surface area (Å²) in [6.45, 7) is -1.09. The van der Waals surface area contributed by atoms with Crippen molar-refractivity contribution in [3.63, 3.8) is 0 Å². The molecule has 0 bridgehead atoms. The number of nitrogens with zero attached hydrogens (tertiary/aromatic N) is 1. The minimum absolute atomic E-state index is 0.210. The van der Waals surface area contributed by atoms with Gasteiger partial charge in [0.1, 0.15) is 5.75 Å². The van der Waals surface area contributed by atoms with Gasteiger partial charge in [-0.25, -0.2) is 0 Å². The fourth-order valence-corrected chi connectivity index (χ4v) is 3.22. The normalized spacial score (nSPS) is 13.1. The minimum Gasteiger partial charge on any atom is -0.428 e. The topological polar surface area (TPSA) is 32.7 Å². The summed E-state index contributed by atoms with van der Waals surface area (Å²) < 4.78 is 94.7. The number of anilines is 1. The third-order valence-electron chi connectivity index (χ3n) is 4.87. The predicted molar refractivity (Wildman–Crippen MR) is 113 cm³/mol. The summed E-state index contributed by atoms with van der Waals surface area (Å²) in [6, 6.07) is 20.3. The average Bonchev–Trinajstić information content (AvgIpc) is 2.78. The van der Waals surface area contributed by atoms with E-state index in [0.717, 1.165) is 17.7 Å². The van der Waals surface area contributed by atoms with Gasteiger partial charge in [0, 0.05) is 12.2 Å². The Morgan fingerprint density at radius 1 is 0.794 bits per heavy atom. The zero-order chi connectivity index (χ0) is 24.9. The third-order valence-corrected chi connectivity index (χ3v) is 4.87. The standard InChI is InChI=1S/C24H20F7NO2/c25-22(26)24(30,31)34-20-11-4-6-16(12-20)14-32(15-21(33)23(27,28)29)19-10-5-9-18(13-19)17-7-2-1-3-8-17/h1-13,21-22,33H,14-15H2. The quantitative estimate of drug-likeness (QED) is 0.349. The Bertz CT molecular complexity index is 1070. The number of halogens is 7. The number of ether oxygens (including phenoxy) is 1. The van der Waals surface area contributed by atoms with Gasteiger partial charge < -0.3 is 14.7 Å². The smallest absolute Gasteiger partial charge is 0.428 e. The van der Waals surface area contributed by atoms with Gasteiger partial charge in [0.15, 0.2) is 6.10 Å². The summed E-state index contributed by atoms with van der Waals surface area (Å²) in [5.41, 5.74) is 2.06. The molecule has 0 fully saturated rings. The number of hydrogen-bond acceptors (Lipinski definition) is 3. The molecule has 0 aliphatic heterocycles. The Hall–Kier alpha value is -3.27. The van der Waals surface area contributed by atoms with E-state index in [1.165, 1.54) is 17.0 Å². The first kappa shape index (κ1) is 25.4. The van der Waals surface area contributed by atoms with Crippen LogP contribution in [-0.2, 0) is 6.54 Å². The maximum atomic E-state index is 13.3. The molecule has 1 N–H and O–H groups in total. The maximum absolute atomic E-state index is 13.3. The van der Waals surface area contributed by atoms with Gasteiger partial charge in [-0.2, -0.15) is 30.7 Å². The Balaban J connectivity index is 1.92. The zero-order valence-electron chi connectivity index (χ0n) is 17.5. The van der Waals surface area contributed by atoms with Crippen molar-refractivity contribution >= 4 is 5.69 Å². The van der Waals surface area contributed by atoms with E-state index >= 15 is 0 Å². The fraction of sp³-hybridized carbons (Fsp3) is 0.250. The van der Waals surface area contributed by atoms with Crippen molar-refractivity contribution in [2.75, 3.05) is 11.4 Å². The molecule has 3 aromatic carbocycles. The van der Waals surface area contributed by atoms with E-state index in [-0.39, 0.29) is 12.1 Å². The molecule has 1 atom stereocenters. The van der Waals surface area contributed by atoms with Gasteiger partial charge in [0.2, 0.25) is 0 Å². The van der Waals surface area contributed by atoms with Crippen LogP contribution in [0, 0.1) is 0 Å². The molecule has 0 saturated carbocycles. The summed E-state index contributed by atoms with van der Waals surface area (Å²) in [5, 5.41) is 9.68. The van der Waals surface area contributed by atoms with Crippen LogP contribution in [0.3, 0.4) is 0 Å². The van der Waals surface area contributed by atoms with Crippen molar-refractivity contribution in [2.45, 2.75) is 31.4 Å². The summed E-state index contributed by atoms with van der Waals surface area (Å²) >= 11 is 0. The lowest BCUT2D eigenvalue weighted by atomic mass is 10.0. The van der Waals surface area contributed by atoms with Gasteiger partial charge in [-0.3, -0.25) is 0 Å². The lowest BCUT2D eigenvalue weighted by Gasteiger charge is -2.29. The lowest BCUT2D eigenvalue weighted by Crippen LogP contribution is -2.41. The summed E-state index contributed by atoms with van der Waals surface area (Å²) in [5.74, 6) is -0.572. The second kappa shape index (κ2) is 10.3. The largest absolute Gasteiger partial charge is 0.461 e. The fourth-order valence-electron chi connectivity index (χ4n) is 3.22. The molecule has 10 heteroatoms. The Morgan fingerprint density at radius 2 is 1.44 bits per heavy atom. The van der Waals surface area contributed by atoms with E-state index in [9.17, 15) is 35.8 Å². The van der Waals surface area contributed by atoms with Gasteiger partial charge in [-0.1, -0.05) is 54.6 Å². The van der Waals surface area contributed by atoms with Crippen molar-refractivity contribution in [3.8, 4) is 16.9 Å². The Morgan fingerprint density at radius 3 is 2.09 bits per heavy atom. The van der Waals surface area contributed by atoms with Crippen LogP contribution in [0.1, 0.15) is 5.56 Å². The minimum atomic E-state index is -4.89. The Labute approximate surface area is 191 Å². The molecule has 0 aliphatic carbocycles. The molecule has 182 valence electrons. The second-order valence-electron chi connectivity index (χ2n) is 7.47. The molecular weight excluding hydrogens is 467 g/mol. The van der Waals surface area contributed by atoms with Gasteiger partial charge in [0.05, 0.1) is 6.54 Å². The molecule has 0 radical (unpaired) electrons. The maximum Gasteiger partial charge on any atom is 0.461 e. The highest BCUT2D eigenvalue weighted by Gasteiger charge is 2.44. The van der Waals surface area contributed by atoms with Crippen LogP contribution in [0.15, 0.2) is 78.9 Å². The summed E-state index contributed by atoms with van der Waals surface area (Å²) in [6.07, 6.45) is -16.4. The third kappa shape index (κ3) is 6.63. The zero-order valence-corrected chi connectivity index (χ0v) is 17.5. The van der Waals surface area contributed by atoms with E-state index in [1.807, 2.05) is 18.2 Å². The van der Waals surface area contributed by atoms with Crippen LogP contribution in [0.25, 0.3) is 11.1 Å². The molecule has 0 amide bonds. The van der Waals surface area contributed by atoms with E-state index in [1.54, 1.807) is 36.4 Å². The number of aliphatic hydroxyl groups excluding tert-OH is 1. The molecule has 0 spiro atoms. The van der Waals surface area contributed by atoms with Crippen LogP contribution in [-0.4, -0.2) is 36.5 Å². The van der Waals surface area contributed by atoms with Gasteiger partial charge >= 0.3 is 18.7 Å². The van der Waals surface area contributed by atoms with E-state index in [4.69, 9.17) is 0 Å². The molecule has 0 saturated heterocycles. The molecule has 3 nitrogen and oxygen atoms in total. The highest BCUT2D eigenvalue weighted by Crippen LogP contribution is 2.31. The molecular formula is C24H20F7NO2. The second-order valence-corrected chi connectivity index (χ2v) is 7.47. The molecule has 3 rings (SSSR count). The average molecular weight is 487 g/mol. The van der Waals surface area contributed by atoms with Gasteiger partial charge in [-0.05, 0) is 41.0 Å². The molecule has 0 aliphatic rings. The summed E-state index contributed by atoms with van der Waals surface area (Å²) in [7, 11) is 0. The summed E-state index contributed by atoms with van der Waals surface area (Å²) in [4.78, 5) is 1.22. The van der Waals surface area contributed by atoms with Crippen molar-refractivity contribution in [2.24, 2.45) is 0 Å². The first-order chi connectivity index (χ1) is 16.0. The van der Waals surface area contributed by atoms with E-state index in [2.05, 4.69) is 4.74 Å². The molecule has 0 heterocycles. The van der Waals surface area contributed by atoms with Crippen LogP contribution in [0.4, 0.5) is 36.4 Å². The SMILES string of the molecule is OC(CN(Cc1cccc(OC(F)(F)C(F)F)c1)c1cccc(-c2ccccc2)c1)C(F)(F)F. The van der Waals surface area contributed by atoms with Crippen LogP contribution in [0.5, 0.6) is 5.75 Å². The number of alkyl halides is 7. The van der Waals surface area contributed by atoms with Crippen molar-refractivity contribution in [3.05, 3.63) is 84.4 Å². The number of benzene rings is 3. The van der Waals surface area contributed by atoms with Crippen LogP contribution < -0.4 is 9.64 Å². The Kier molecular flexibility index (Phi) is 7.71. The van der Waals surface area contributed by atoms with Crippen molar-refractivity contribution < 1.29 is 40.6 Å². The van der Waals surface area contributed by atoms with E-state index < -0.39 is 37.1 Å². The van der Waals surface area contributed by atoms with Crippen LogP contribution >= 0.6 is 0 Å². The van der Waals surface area contributed by atoms with Crippen molar-refractivity contribution in [1.82, 2.24) is 0 Å². The number of hydrogen-bond donors (Lipinski definition) is 1. The monoisotopic (exact) mass is 487 g/mol. The highest BCUT2D eigenvalue weighted by atomic mass is 19.4. The first-order valence-electron chi connectivity index (χ1n) is 10.0. The number of rotatable bonds is 9. The molecule has 1 unspecified atom stereocenters. The van der Waals surface area contributed by atoms with Crippen molar-refractivity contribution in [1.29, 1.82) is 0 Å². The van der Waals surface area contributed by atoms with Crippen LogP contribution in [0.2, 0.25) is 0 Å².